The van der Waals surface area contributed by atoms with Gasteiger partial charge in [0.15, 0.2) is 5.65 Å². The van der Waals surface area contributed by atoms with Crippen LogP contribution in [0.5, 0.6) is 5.75 Å². The number of ether oxygens (including phenoxy) is 1. The van der Waals surface area contributed by atoms with Crippen molar-refractivity contribution in [2.24, 2.45) is 0 Å². The summed E-state index contributed by atoms with van der Waals surface area (Å²) in [6.07, 6.45) is 5.77. The normalized spacial score (nSPS) is 11.0. The van der Waals surface area contributed by atoms with Crippen LogP contribution in [0.2, 0.25) is 0 Å². The Morgan fingerprint density at radius 1 is 1.03 bits per heavy atom. The van der Waals surface area contributed by atoms with E-state index in [1.165, 1.54) is 50.0 Å². The van der Waals surface area contributed by atoms with Crippen LogP contribution >= 0.6 is 12.4 Å². The van der Waals surface area contributed by atoms with Gasteiger partial charge in [0.05, 0.1) is 47.1 Å². The van der Waals surface area contributed by atoms with Crippen molar-refractivity contribution in [2.75, 3.05) is 11.4 Å². The lowest BCUT2D eigenvalue weighted by molar-refractivity contribution is 0.0707. The van der Waals surface area contributed by atoms with Crippen molar-refractivity contribution in [3.05, 3.63) is 103 Å². The summed E-state index contributed by atoms with van der Waals surface area (Å²) in [6.45, 7) is -0.163. The number of aromatic nitrogens is 4. The summed E-state index contributed by atoms with van der Waals surface area (Å²) < 4.78 is 36.1. The van der Waals surface area contributed by atoms with Crippen LogP contribution in [0.1, 0.15) is 15.9 Å². The molecule has 200 valence electrons. The van der Waals surface area contributed by atoms with Crippen LogP contribution in [0, 0.1) is 0 Å². The van der Waals surface area contributed by atoms with E-state index in [-0.39, 0.29) is 40.5 Å². The zero-order valence-electron chi connectivity index (χ0n) is 20.5. The molecule has 5 rings (SSSR count). The van der Waals surface area contributed by atoms with Gasteiger partial charge in [-0.1, -0.05) is 24.3 Å². The second-order valence-corrected chi connectivity index (χ2v) is 10.0. The maximum atomic E-state index is 14.1. The maximum absolute atomic E-state index is 14.1. The number of nitrogens with one attached hydrogen (secondary N) is 1. The molecule has 2 N–H and O–H groups in total. The molecule has 39 heavy (non-hydrogen) atoms. The Bertz CT molecular complexity index is 1700. The molecule has 0 aliphatic heterocycles. The van der Waals surface area contributed by atoms with Crippen molar-refractivity contribution in [3.8, 4) is 11.4 Å². The largest absolute Gasteiger partial charge is 0.497 e. The van der Waals surface area contributed by atoms with Gasteiger partial charge in [0.2, 0.25) is 0 Å². The van der Waals surface area contributed by atoms with E-state index in [9.17, 15) is 18.4 Å². The summed E-state index contributed by atoms with van der Waals surface area (Å²) in [6, 6.07) is 18.5. The van der Waals surface area contributed by atoms with Gasteiger partial charge in [-0.25, -0.2) is 23.6 Å². The molecule has 0 aliphatic carbocycles. The van der Waals surface area contributed by atoms with Crippen LogP contribution in [-0.2, 0) is 16.6 Å². The number of para-hydroxylation sites is 1. The number of fused-ring (bicyclic) bond motifs is 1. The molecular weight excluding hydrogens is 544 g/mol. The number of anilines is 1. The van der Waals surface area contributed by atoms with Gasteiger partial charge < -0.3 is 4.74 Å². The molecule has 0 radical (unpaired) electrons. The van der Waals surface area contributed by atoms with Crippen molar-refractivity contribution in [2.45, 2.75) is 11.4 Å². The van der Waals surface area contributed by atoms with Crippen LogP contribution < -0.4 is 14.5 Å². The Morgan fingerprint density at radius 2 is 1.77 bits per heavy atom. The van der Waals surface area contributed by atoms with E-state index in [4.69, 9.17) is 4.74 Å². The number of pyridine rings is 2. The first-order valence-electron chi connectivity index (χ1n) is 11.4. The summed E-state index contributed by atoms with van der Waals surface area (Å²) in [5.41, 5.74) is 3.02. The predicted molar refractivity (Wildman–Crippen MR) is 146 cm³/mol. The molecule has 0 spiro atoms. The number of nitrogens with zero attached hydrogens (tertiary/aromatic N) is 5. The van der Waals surface area contributed by atoms with Crippen molar-refractivity contribution >= 4 is 45.1 Å². The number of hydrogen-bond acceptors (Lipinski definition) is 8. The van der Waals surface area contributed by atoms with Gasteiger partial charge in [0.25, 0.3) is 15.9 Å². The van der Waals surface area contributed by atoms with Crippen LogP contribution in [0.25, 0.3) is 16.7 Å². The number of carbonyl (C=O) groups is 1. The lowest BCUT2D eigenvalue weighted by Crippen LogP contribution is -2.33. The highest BCUT2D eigenvalue weighted by atomic mass is 35.5. The minimum Gasteiger partial charge on any atom is -0.497 e. The second kappa shape index (κ2) is 11.5. The minimum absolute atomic E-state index is 0. The van der Waals surface area contributed by atoms with Crippen LogP contribution in [-0.4, -0.2) is 46.4 Å². The first-order chi connectivity index (χ1) is 18.4. The molecule has 13 heteroatoms. The number of halogens is 1. The average Bonchev–Trinajstić information content (AvgIpc) is 3.40. The Kier molecular flexibility index (Phi) is 8.10. The van der Waals surface area contributed by atoms with Gasteiger partial charge in [-0.2, -0.15) is 5.10 Å². The third-order valence-electron chi connectivity index (χ3n) is 5.86. The number of rotatable bonds is 8. The number of carbonyl (C=O) groups excluding carboxylic acids is 1. The number of amides is 1. The molecule has 0 bridgehead atoms. The SMILES string of the molecule is COc1ccc(S(=O)(=O)N(Cc2cccnc2)c2c(C(=O)NO)cnc3c2cnn3-c2ccccc2)cc1.Cl. The fourth-order valence-electron chi connectivity index (χ4n) is 4.04. The van der Waals surface area contributed by atoms with Gasteiger partial charge >= 0.3 is 0 Å². The van der Waals surface area contributed by atoms with Crippen molar-refractivity contribution < 1.29 is 23.2 Å². The molecule has 0 saturated carbocycles. The fraction of sp³-hybridized carbons (Fsp3) is 0.0769. The summed E-state index contributed by atoms with van der Waals surface area (Å²) in [5.74, 6) is -0.443. The van der Waals surface area contributed by atoms with E-state index < -0.39 is 15.9 Å². The van der Waals surface area contributed by atoms with E-state index in [2.05, 4.69) is 15.1 Å². The quantitative estimate of drug-likeness (QED) is 0.214. The van der Waals surface area contributed by atoms with Crippen LogP contribution in [0.4, 0.5) is 5.69 Å². The molecule has 5 aromatic rings. The van der Waals surface area contributed by atoms with Crippen molar-refractivity contribution in [1.82, 2.24) is 25.2 Å². The van der Waals surface area contributed by atoms with Crippen molar-refractivity contribution in [1.29, 1.82) is 0 Å². The van der Waals surface area contributed by atoms with Gasteiger partial charge in [0.1, 0.15) is 5.75 Å². The number of methoxy groups -OCH3 is 1. The lowest BCUT2D eigenvalue weighted by Gasteiger charge is -2.27. The molecule has 2 aromatic carbocycles. The van der Waals surface area contributed by atoms with E-state index in [0.29, 0.717) is 22.6 Å². The van der Waals surface area contributed by atoms with E-state index in [0.717, 1.165) is 4.31 Å². The zero-order valence-corrected chi connectivity index (χ0v) is 22.1. The summed E-state index contributed by atoms with van der Waals surface area (Å²) in [7, 11) is -2.78. The van der Waals surface area contributed by atoms with Crippen molar-refractivity contribution in [3.63, 3.8) is 0 Å². The highest BCUT2D eigenvalue weighted by Gasteiger charge is 2.32. The third kappa shape index (κ3) is 5.25. The smallest absolute Gasteiger partial charge is 0.278 e. The van der Waals surface area contributed by atoms with Gasteiger partial charge in [-0.3, -0.25) is 19.3 Å². The molecule has 3 aromatic heterocycles. The first kappa shape index (κ1) is 27.5. The van der Waals surface area contributed by atoms with Crippen LogP contribution in [0.15, 0.2) is 96.4 Å². The highest BCUT2D eigenvalue weighted by Crippen LogP contribution is 2.36. The van der Waals surface area contributed by atoms with Gasteiger partial charge in [0, 0.05) is 18.6 Å². The Labute approximate surface area is 230 Å². The maximum Gasteiger partial charge on any atom is 0.278 e. The summed E-state index contributed by atoms with van der Waals surface area (Å²) >= 11 is 0. The topological polar surface area (TPSA) is 140 Å². The predicted octanol–water partition coefficient (Wildman–Crippen LogP) is 3.76. The van der Waals surface area contributed by atoms with E-state index in [1.54, 1.807) is 28.5 Å². The molecule has 0 aliphatic rings. The molecule has 11 nitrogen and oxygen atoms in total. The standard InChI is InChI=1S/C26H22N6O5S.ClH/c1-37-20-9-11-21(12-10-20)38(35,36)31(17-18-6-5-13-27-14-18)24-22-16-29-32(19-7-3-2-4-8-19)25(22)28-15-23(24)26(33)30-34;/h2-16,34H,17H2,1H3,(H,30,33);1H. The molecule has 0 fully saturated rings. The zero-order chi connectivity index (χ0) is 26.7. The average molecular weight is 567 g/mol. The van der Waals surface area contributed by atoms with Crippen LogP contribution in [0.3, 0.4) is 0 Å². The monoisotopic (exact) mass is 566 g/mol. The molecule has 0 atom stereocenters. The Morgan fingerprint density at radius 3 is 2.41 bits per heavy atom. The fourth-order valence-corrected chi connectivity index (χ4v) is 5.53. The third-order valence-corrected chi connectivity index (χ3v) is 7.62. The second-order valence-electron chi connectivity index (χ2n) is 8.14. The molecule has 0 saturated heterocycles. The molecule has 3 heterocycles. The van der Waals surface area contributed by atoms with Gasteiger partial charge in [-0.05, 0) is 48.0 Å². The lowest BCUT2D eigenvalue weighted by atomic mass is 10.1. The Balaban J connectivity index is 0.00000353. The van der Waals surface area contributed by atoms with E-state index >= 15 is 0 Å². The summed E-state index contributed by atoms with van der Waals surface area (Å²) in [5, 5.41) is 14.2. The highest BCUT2D eigenvalue weighted by molar-refractivity contribution is 7.92. The van der Waals surface area contributed by atoms with Gasteiger partial charge in [-0.15, -0.1) is 12.4 Å². The molecular formula is C26H23ClN6O5S. The molecule has 1 amide bonds. The first-order valence-corrected chi connectivity index (χ1v) is 12.8. The molecule has 0 unspecified atom stereocenters. The number of benzene rings is 2. The Hall–Kier alpha value is -4.52. The number of hydrogen-bond donors (Lipinski definition) is 2. The number of hydroxylamine groups is 1. The summed E-state index contributed by atoms with van der Waals surface area (Å²) in [4.78, 5) is 21.2. The van der Waals surface area contributed by atoms with E-state index in [1.807, 2.05) is 30.3 Å². The minimum atomic E-state index is -4.26. The number of sulfonamides is 1.